The van der Waals surface area contributed by atoms with E-state index < -0.39 is 6.09 Å². The van der Waals surface area contributed by atoms with E-state index in [4.69, 9.17) is 9.47 Å². The van der Waals surface area contributed by atoms with Crippen LogP contribution in [0.4, 0.5) is 4.79 Å². The number of benzene rings is 2. The number of aromatic nitrogens is 1. The third-order valence-electron chi connectivity index (χ3n) is 7.78. The fraction of sp³-hybridized carbons (Fsp3) is 0.500. The molecule has 2 aliphatic rings. The number of rotatable bonds is 9. The molecule has 6 heteroatoms. The monoisotopic (exact) mass is 489 g/mol. The van der Waals surface area contributed by atoms with Gasteiger partial charge in [0.2, 0.25) is 5.88 Å². The van der Waals surface area contributed by atoms with E-state index in [1.165, 1.54) is 51.5 Å². The zero-order valence-corrected chi connectivity index (χ0v) is 21.5. The van der Waals surface area contributed by atoms with Gasteiger partial charge in [-0.2, -0.15) is 0 Å². The van der Waals surface area contributed by atoms with Crippen LogP contribution < -0.4 is 14.8 Å². The highest BCUT2D eigenvalue weighted by Crippen LogP contribution is 2.31. The summed E-state index contributed by atoms with van der Waals surface area (Å²) in [5, 5.41) is 4.02. The molecule has 1 atom stereocenters. The molecule has 0 spiro atoms. The molecule has 6 nitrogen and oxygen atoms in total. The van der Waals surface area contributed by atoms with Crippen LogP contribution in [0.25, 0.3) is 16.6 Å². The number of ether oxygens (including phenoxy) is 2. The van der Waals surface area contributed by atoms with E-state index in [9.17, 15) is 4.79 Å². The zero-order chi connectivity index (χ0) is 24.7. The van der Waals surface area contributed by atoms with Crippen LogP contribution >= 0.6 is 0 Å². The van der Waals surface area contributed by atoms with E-state index in [0.717, 1.165) is 35.3 Å². The Morgan fingerprint density at radius 1 is 1.00 bits per heavy atom. The Labute approximate surface area is 214 Å². The Kier molecular flexibility index (Phi) is 8.11. The third kappa shape index (κ3) is 6.04. The van der Waals surface area contributed by atoms with E-state index >= 15 is 0 Å². The predicted molar refractivity (Wildman–Crippen MR) is 144 cm³/mol. The average molecular weight is 490 g/mol. The van der Waals surface area contributed by atoms with Crippen LogP contribution in [-0.4, -0.2) is 47.8 Å². The lowest BCUT2D eigenvalue weighted by Gasteiger charge is -2.21. The molecular weight excluding hydrogens is 450 g/mol. The SMILES string of the molecule is C[C@@H]1CCCN1CCCOc1ccc(-n2c(OC(=O)NCC3CCCCC3)cc3ccccc32)cc1. The molecule has 192 valence electrons. The number of nitrogens with zero attached hydrogens (tertiary/aromatic N) is 2. The number of hydrogen-bond donors (Lipinski definition) is 1. The first-order valence-electron chi connectivity index (χ1n) is 13.7. The molecule has 3 aromatic rings. The summed E-state index contributed by atoms with van der Waals surface area (Å²) in [4.78, 5) is 15.2. The lowest BCUT2D eigenvalue weighted by molar-refractivity contribution is 0.194. The molecule has 1 aromatic heterocycles. The van der Waals surface area contributed by atoms with E-state index in [0.29, 0.717) is 31.0 Å². The minimum atomic E-state index is -0.392. The molecule has 2 aromatic carbocycles. The number of nitrogens with one attached hydrogen (secondary N) is 1. The number of para-hydroxylation sites is 1. The smallest absolute Gasteiger partial charge is 0.413 e. The first kappa shape index (κ1) is 24.7. The summed E-state index contributed by atoms with van der Waals surface area (Å²) in [6, 6.07) is 18.8. The van der Waals surface area contributed by atoms with Gasteiger partial charge in [0.25, 0.3) is 0 Å². The molecule has 1 aliphatic carbocycles. The molecule has 0 bridgehead atoms. The maximum absolute atomic E-state index is 12.7. The van der Waals surface area contributed by atoms with Crippen molar-refractivity contribution in [2.24, 2.45) is 5.92 Å². The summed E-state index contributed by atoms with van der Waals surface area (Å²) in [5.41, 5.74) is 1.94. The molecule has 1 saturated carbocycles. The molecule has 2 fully saturated rings. The molecular formula is C30H39N3O3. The van der Waals surface area contributed by atoms with Crippen LogP contribution in [0.2, 0.25) is 0 Å². The first-order valence-corrected chi connectivity index (χ1v) is 13.7. The molecule has 1 aliphatic heterocycles. The van der Waals surface area contributed by atoms with Gasteiger partial charge in [0.05, 0.1) is 12.1 Å². The Hall–Kier alpha value is -2.99. The summed E-state index contributed by atoms with van der Waals surface area (Å²) >= 11 is 0. The van der Waals surface area contributed by atoms with Crippen molar-refractivity contribution < 1.29 is 14.3 Å². The standard InChI is InChI=1S/C30H39N3O3/c1-23-9-7-18-32(23)19-8-20-35-27-16-14-26(15-17-27)33-28-13-6-5-12-25(28)21-29(33)36-30(34)31-22-24-10-3-2-4-11-24/h5-6,12-17,21,23-24H,2-4,7-11,18-20,22H2,1H3,(H,31,34)/t23-/m1/s1. The second kappa shape index (κ2) is 11.8. The number of amides is 1. The topological polar surface area (TPSA) is 55.7 Å². The van der Waals surface area contributed by atoms with Crippen LogP contribution in [0.5, 0.6) is 11.6 Å². The second-order valence-corrected chi connectivity index (χ2v) is 10.4. The largest absolute Gasteiger partial charge is 0.494 e. The molecule has 1 N–H and O–H groups in total. The van der Waals surface area contributed by atoms with Crippen molar-refractivity contribution in [3.63, 3.8) is 0 Å². The number of carbonyl (C=O) groups excluding carboxylic acids is 1. The van der Waals surface area contributed by atoms with Gasteiger partial charge in [-0.15, -0.1) is 0 Å². The van der Waals surface area contributed by atoms with Crippen LogP contribution in [0.3, 0.4) is 0 Å². The van der Waals surface area contributed by atoms with Gasteiger partial charge in [0.1, 0.15) is 5.75 Å². The summed E-state index contributed by atoms with van der Waals surface area (Å²) in [6.07, 6.45) is 9.45. The summed E-state index contributed by atoms with van der Waals surface area (Å²) in [7, 11) is 0. The van der Waals surface area contributed by atoms with Crippen LogP contribution in [0, 0.1) is 5.92 Å². The van der Waals surface area contributed by atoms with Gasteiger partial charge in [-0.25, -0.2) is 4.79 Å². The highest BCUT2D eigenvalue weighted by molar-refractivity contribution is 5.85. The Balaban J connectivity index is 1.22. The van der Waals surface area contributed by atoms with E-state index in [2.05, 4.69) is 17.1 Å². The van der Waals surface area contributed by atoms with E-state index in [1.54, 1.807) is 0 Å². The first-order chi connectivity index (χ1) is 17.7. The highest BCUT2D eigenvalue weighted by atomic mass is 16.6. The normalized spacial score (nSPS) is 19.0. The van der Waals surface area contributed by atoms with Gasteiger partial charge >= 0.3 is 6.09 Å². The van der Waals surface area contributed by atoms with Crippen molar-refractivity contribution in [3.05, 3.63) is 54.6 Å². The molecule has 2 heterocycles. The quantitative estimate of drug-likeness (QED) is 0.346. The zero-order valence-electron chi connectivity index (χ0n) is 21.5. The van der Waals surface area contributed by atoms with Crippen LogP contribution in [0.15, 0.2) is 54.6 Å². The number of hydrogen-bond acceptors (Lipinski definition) is 4. The number of likely N-dealkylation sites (tertiary alicyclic amines) is 1. The van der Waals surface area contributed by atoms with Gasteiger partial charge < -0.3 is 19.7 Å². The van der Waals surface area contributed by atoms with Crippen molar-refractivity contribution in [2.45, 2.75) is 64.3 Å². The predicted octanol–water partition coefficient (Wildman–Crippen LogP) is 6.55. The molecule has 5 rings (SSSR count). The molecule has 36 heavy (non-hydrogen) atoms. The number of carbonyl (C=O) groups is 1. The highest BCUT2D eigenvalue weighted by Gasteiger charge is 2.20. The minimum Gasteiger partial charge on any atom is -0.494 e. The van der Waals surface area contributed by atoms with E-state index in [-0.39, 0.29) is 0 Å². The maximum atomic E-state index is 12.7. The van der Waals surface area contributed by atoms with Crippen LogP contribution in [0.1, 0.15) is 58.3 Å². The van der Waals surface area contributed by atoms with Crippen molar-refractivity contribution in [1.82, 2.24) is 14.8 Å². The molecule has 0 unspecified atom stereocenters. The summed E-state index contributed by atoms with van der Waals surface area (Å²) in [6.45, 7) is 6.02. The van der Waals surface area contributed by atoms with Crippen molar-refractivity contribution in [3.8, 4) is 17.3 Å². The summed E-state index contributed by atoms with van der Waals surface area (Å²) < 4.78 is 13.8. The molecule has 1 amide bonds. The van der Waals surface area contributed by atoms with Crippen LogP contribution in [-0.2, 0) is 0 Å². The second-order valence-electron chi connectivity index (χ2n) is 10.4. The Morgan fingerprint density at radius 3 is 2.58 bits per heavy atom. The molecule has 1 saturated heterocycles. The van der Waals surface area contributed by atoms with Gasteiger partial charge in [-0.3, -0.25) is 4.57 Å². The fourth-order valence-corrected chi connectivity index (χ4v) is 5.69. The summed E-state index contributed by atoms with van der Waals surface area (Å²) in [5.74, 6) is 1.94. The van der Waals surface area contributed by atoms with Crippen molar-refractivity contribution >= 4 is 17.0 Å². The third-order valence-corrected chi connectivity index (χ3v) is 7.78. The van der Waals surface area contributed by atoms with Gasteiger partial charge in [-0.1, -0.05) is 37.5 Å². The van der Waals surface area contributed by atoms with Gasteiger partial charge in [-0.05, 0) is 81.8 Å². The fourth-order valence-electron chi connectivity index (χ4n) is 5.69. The minimum absolute atomic E-state index is 0.392. The van der Waals surface area contributed by atoms with E-state index in [1.807, 2.05) is 59.2 Å². The maximum Gasteiger partial charge on any atom is 0.413 e. The van der Waals surface area contributed by atoms with Crippen molar-refractivity contribution in [1.29, 1.82) is 0 Å². The molecule has 0 radical (unpaired) electrons. The number of fused-ring (bicyclic) bond motifs is 1. The average Bonchev–Trinajstić information content (AvgIpc) is 3.49. The lowest BCUT2D eigenvalue weighted by atomic mass is 9.89. The van der Waals surface area contributed by atoms with Gasteiger partial charge in [0.15, 0.2) is 0 Å². The van der Waals surface area contributed by atoms with Crippen molar-refractivity contribution in [2.75, 3.05) is 26.2 Å². The van der Waals surface area contributed by atoms with Gasteiger partial charge in [0, 0.05) is 36.3 Å². The Morgan fingerprint density at radius 2 is 1.81 bits per heavy atom. The lowest BCUT2D eigenvalue weighted by Crippen LogP contribution is -2.32. The Bertz CT molecular complexity index is 1130.